The van der Waals surface area contributed by atoms with Gasteiger partial charge in [-0.25, -0.2) is 4.79 Å². The number of ether oxygens (including phenoxy) is 2. The second-order valence-corrected chi connectivity index (χ2v) is 4.23. The fraction of sp³-hybridized carbons (Fsp3) is 0.375. The fourth-order valence-electron chi connectivity index (χ4n) is 1.68. The summed E-state index contributed by atoms with van der Waals surface area (Å²) in [5.41, 5.74) is 1.86. The van der Waals surface area contributed by atoms with Gasteiger partial charge in [0.1, 0.15) is 11.8 Å². The standard InChI is InChI=1S/C16H20O4/c1-4-19-11-14(16(18)20-5-2)15(17)10-13-9-7-6-8-12(13)3/h6-9,11H,4-5,10H2,1-3H3. The lowest BCUT2D eigenvalue weighted by molar-refractivity contribution is -0.140. The van der Waals surface area contributed by atoms with Crippen LogP contribution in [0, 0.1) is 6.92 Å². The van der Waals surface area contributed by atoms with E-state index in [1.165, 1.54) is 6.26 Å². The van der Waals surface area contributed by atoms with Crippen LogP contribution in [0.15, 0.2) is 36.1 Å². The highest BCUT2D eigenvalue weighted by molar-refractivity contribution is 6.17. The van der Waals surface area contributed by atoms with Gasteiger partial charge in [-0.2, -0.15) is 0 Å². The summed E-state index contributed by atoms with van der Waals surface area (Å²) in [7, 11) is 0. The number of ketones is 1. The number of Topliss-reactive ketones (excluding diaryl/α,β-unsaturated/α-hetero) is 1. The molecule has 0 radical (unpaired) electrons. The van der Waals surface area contributed by atoms with Crippen LogP contribution in [0.5, 0.6) is 0 Å². The molecule has 0 atom stereocenters. The molecule has 1 aromatic carbocycles. The number of carbonyl (C=O) groups excluding carboxylic acids is 2. The summed E-state index contributed by atoms with van der Waals surface area (Å²) in [6.07, 6.45) is 1.35. The van der Waals surface area contributed by atoms with Crippen LogP contribution in [0.3, 0.4) is 0 Å². The highest BCUT2D eigenvalue weighted by atomic mass is 16.5. The van der Waals surface area contributed by atoms with Gasteiger partial charge in [0.05, 0.1) is 13.2 Å². The Balaban J connectivity index is 2.89. The zero-order valence-corrected chi connectivity index (χ0v) is 12.1. The van der Waals surface area contributed by atoms with Crippen LogP contribution in [0.4, 0.5) is 0 Å². The average molecular weight is 276 g/mol. The van der Waals surface area contributed by atoms with Crippen LogP contribution in [-0.2, 0) is 25.5 Å². The van der Waals surface area contributed by atoms with Crippen LogP contribution in [0.25, 0.3) is 0 Å². The highest BCUT2D eigenvalue weighted by Crippen LogP contribution is 2.12. The second-order valence-electron chi connectivity index (χ2n) is 4.23. The maximum absolute atomic E-state index is 12.2. The van der Waals surface area contributed by atoms with E-state index in [4.69, 9.17) is 9.47 Å². The normalized spacial score (nSPS) is 11.1. The Morgan fingerprint density at radius 3 is 2.45 bits per heavy atom. The van der Waals surface area contributed by atoms with Gasteiger partial charge in [-0.1, -0.05) is 24.3 Å². The van der Waals surface area contributed by atoms with Crippen molar-refractivity contribution < 1.29 is 19.1 Å². The van der Waals surface area contributed by atoms with Gasteiger partial charge in [0.25, 0.3) is 0 Å². The first-order chi connectivity index (χ1) is 9.60. The topological polar surface area (TPSA) is 52.6 Å². The molecule has 1 rings (SSSR count). The SMILES string of the molecule is CCOC=C(C(=O)Cc1ccccc1C)C(=O)OCC. The molecule has 0 spiro atoms. The van der Waals surface area contributed by atoms with E-state index in [1.807, 2.05) is 31.2 Å². The summed E-state index contributed by atoms with van der Waals surface area (Å²) >= 11 is 0. The molecule has 4 heteroatoms. The predicted molar refractivity (Wildman–Crippen MR) is 76.2 cm³/mol. The van der Waals surface area contributed by atoms with Gasteiger partial charge in [0, 0.05) is 6.42 Å². The number of benzene rings is 1. The van der Waals surface area contributed by atoms with Crippen molar-refractivity contribution in [2.45, 2.75) is 27.2 Å². The van der Waals surface area contributed by atoms with Crippen LogP contribution >= 0.6 is 0 Å². The maximum atomic E-state index is 12.2. The first kappa shape index (κ1) is 16.0. The van der Waals surface area contributed by atoms with Crippen LogP contribution in [0.2, 0.25) is 0 Å². The average Bonchev–Trinajstić information content (AvgIpc) is 2.42. The minimum Gasteiger partial charge on any atom is -0.500 e. The summed E-state index contributed by atoms with van der Waals surface area (Å²) in [4.78, 5) is 24.0. The van der Waals surface area contributed by atoms with Crippen molar-refractivity contribution in [3.8, 4) is 0 Å². The molecule has 0 aliphatic rings. The first-order valence-electron chi connectivity index (χ1n) is 6.66. The molecule has 0 aromatic heterocycles. The molecule has 0 heterocycles. The van der Waals surface area contributed by atoms with Crippen LogP contribution in [-0.4, -0.2) is 25.0 Å². The lowest BCUT2D eigenvalue weighted by Gasteiger charge is -2.08. The number of rotatable bonds is 7. The van der Waals surface area contributed by atoms with Gasteiger partial charge in [-0.3, -0.25) is 4.79 Å². The molecule has 0 amide bonds. The Labute approximate surface area is 119 Å². The zero-order valence-electron chi connectivity index (χ0n) is 12.1. The molecule has 4 nitrogen and oxygen atoms in total. The van der Waals surface area contributed by atoms with E-state index in [0.717, 1.165) is 11.1 Å². The summed E-state index contributed by atoms with van der Waals surface area (Å²) in [5.74, 6) is -0.939. The molecule has 0 aliphatic heterocycles. The largest absolute Gasteiger partial charge is 0.500 e. The molecular formula is C16H20O4. The Hall–Kier alpha value is -2.10. The molecule has 0 saturated carbocycles. The summed E-state index contributed by atoms with van der Waals surface area (Å²) in [6.45, 7) is 6.02. The smallest absolute Gasteiger partial charge is 0.344 e. The van der Waals surface area contributed by atoms with E-state index < -0.39 is 5.97 Å². The quantitative estimate of drug-likeness (QED) is 0.252. The monoisotopic (exact) mass is 276 g/mol. The van der Waals surface area contributed by atoms with E-state index in [1.54, 1.807) is 13.8 Å². The molecule has 0 bridgehead atoms. The Bertz CT molecular complexity index is 503. The molecule has 0 fully saturated rings. The van der Waals surface area contributed by atoms with E-state index >= 15 is 0 Å². The van der Waals surface area contributed by atoms with Crippen LogP contribution < -0.4 is 0 Å². The highest BCUT2D eigenvalue weighted by Gasteiger charge is 2.20. The van der Waals surface area contributed by atoms with Gasteiger partial charge in [-0.15, -0.1) is 0 Å². The van der Waals surface area contributed by atoms with Crippen LogP contribution in [0.1, 0.15) is 25.0 Å². The first-order valence-corrected chi connectivity index (χ1v) is 6.66. The zero-order chi connectivity index (χ0) is 15.0. The number of hydrogen-bond acceptors (Lipinski definition) is 4. The number of carbonyl (C=O) groups is 2. The van der Waals surface area contributed by atoms with Crippen molar-refractivity contribution in [2.24, 2.45) is 0 Å². The summed E-state index contributed by atoms with van der Waals surface area (Å²) < 4.78 is 9.95. The molecule has 0 saturated heterocycles. The summed E-state index contributed by atoms with van der Waals surface area (Å²) in [5, 5.41) is 0. The maximum Gasteiger partial charge on any atom is 0.344 e. The molecule has 0 N–H and O–H groups in total. The van der Waals surface area contributed by atoms with Gasteiger partial charge in [-0.05, 0) is 31.9 Å². The number of esters is 1. The van der Waals surface area contributed by atoms with Crippen molar-refractivity contribution >= 4 is 11.8 Å². The third kappa shape index (κ3) is 4.53. The fourth-order valence-corrected chi connectivity index (χ4v) is 1.68. The molecule has 1 aromatic rings. The second kappa shape index (κ2) is 8.15. The van der Waals surface area contributed by atoms with Crippen molar-refractivity contribution in [2.75, 3.05) is 13.2 Å². The molecule has 108 valence electrons. The van der Waals surface area contributed by atoms with Crippen molar-refractivity contribution in [1.82, 2.24) is 0 Å². The summed E-state index contributed by atoms with van der Waals surface area (Å²) in [6, 6.07) is 7.58. The third-order valence-corrected chi connectivity index (χ3v) is 2.78. The molecule has 20 heavy (non-hydrogen) atoms. The van der Waals surface area contributed by atoms with Crippen molar-refractivity contribution in [3.05, 3.63) is 47.2 Å². The van der Waals surface area contributed by atoms with Gasteiger partial charge < -0.3 is 9.47 Å². The van der Waals surface area contributed by atoms with Gasteiger partial charge in [0.15, 0.2) is 5.78 Å². The van der Waals surface area contributed by atoms with E-state index in [2.05, 4.69) is 0 Å². The number of hydrogen-bond donors (Lipinski definition) is 0. The number of aryl methyl sites for hydroxylation is 1. The van der Waals surface area contributed by atoms with E-state index in [-0.39, 0.29) is 24.4 Å². The van der Waals surface area contributed by atoms with Crippen molar-refractivity contribution in [3.63, 3.8) is 0 Å². The molecule has 0 aliphatic carbocycles. The van der Waals surface area contributed by atoms with Gasteiger partial charge >= 0.3 is 5.97 Å². The minimum absolute atomic E-state index is 0.0445. The Morgan fingerprint density at radius 2 is 1.85 bits per heavy atom. The molecular weight excluding hydrogens is 256 g/mol. The lowest BCUT2D eigenvalue weighted by Crippen LogP contribution is -2.18. The lowest BCUT2D eigenvalue weighted by atomic mass is 10.00. The third-order valence-electron chi connectivity index (χ3n) is 2.78. The minimum atomic E-state index is -0.639. The van der Waals surface area contributed by atoms with E-state index in [9.17, 15) is 9.59 Å². The van der Waals surface area contributed by atoms with Gasteiger partial charge in [0.2, 0.25) is 0 Å². The van der Waals surface area contributed by atoms with Crippen molar-refractivity contribution in [1.29, 1.82) is 0 Å². The Kier molecular flexibility index (Phi) is 6.50. The Morgan fingerprint density at radius 1 is 1.15 bits per heavy atom. The molecule has 0 unspecified atom stereocenters. The van der Waals surface area contributed by atoms with E-state index in [0.29, 0.717) is 6.61 Å². The predicted octanol–water partition coefficient (Wildman–Crippen LogP) is 2.59.